The number of allylic oxidation sites excluding steroid dienone is 4. The van der Waals surface area contributed by atoms with Crippen LogP contribution < -0.4 is 0 Å². The van der Waals surface area contributed by atoms with Crippen LogP contribution in [0.5, 0.6) is 0 Å². The maximum absolute atomic E-state index is 2.42. The summed E-state index contributed by atoms with van der Waals surface area (Å²) in [5.74, 6) is 0. The Hall–Kier alpha value is -2.48. The Labute approximate surface area is 220 Å². The second-order valence-electron chi connectivity index (χ2n) is 8.45. The van der Waals surface area contributed by atoms with Crippen LogP contribution >= 0.6 is 24.8 Å². The SMILES string of the molecule is C1=CC[C]([Ti](=[C](c2ccccc2)c2ccccc2)[CH]2c3ccccc3-c3ccccc32)=C1.Cl.Cl. The van der Waals surface area contributed by atoms with Crippen molar-refractivity contribution in [3.63, 3.8) is 0 Å². The molecule has 0 aromatic heterocycles. The minimum atomic E-state index is -2.05. The quantitative estimate of drug-likeness (QED) is 0.239. The van der Waals surface area contributed by atoms with E-state index in [0.717, 1.165) is 6.42 Å². The van der Waals surface area contributed by atoms with E-state index in [-0.39, 0.29) is 24.8 Å². The van der Waals surface area contributed by atoms with Crippen LogP contribution in [0.4, 0.5) is 0 Å². The van der Waals surface area contributed by atoms with Crippen LogP contribution in [0, 0.1) is 0 Å². The van der Waals surface area contributed by atoms with Crippen molar-refractivity contribution in [1.82, 2.24) is 0 Å². The summed E-state index contributed by atoms with van der Waals surface area (Å²) < 4.78 is 3.70. The average molecular weight is 517 g/mol. The van der Waals surface area contributed by atoms with E-state index >= 15 is 0 Å². The van der Waals surface area contributed by atoms with Crippen LogP contribution in [0.2, 0.25) is 0 Å². The Balaban J connectivity index is 0.00000137. The molecule has 34 heavy (non-hydrogen) atoms. The fourth-order valence-corrected chi connectivity index (χ4v) is 11.0. The molecule has 4 aromatic carbocycles. The van der Waals surface area contributed by atoms with E-state index in [2.05, 4.69) is 127 Å². The standard InChI is InChI=1S/C13H9.C13H10.C5H5.2ClH.Ti/c1-3-7-12-10(5-1)9-11-6-2-4-8-13(11)12;1-3-7-12(8-4-1)11-13-9-5-2-6-10-13;1-2-4-5-3-1;;;/h1-9H;1-10H;1-3H,4H2;2*1H;. The molecule has 0 unspecified atom stereocenters. The van der Waals surface area contributed by atoms with E-state index in [9.17, 15) is 0 Å². The van der Waals surface area contributed by atoms with Crippen molar-refractivity contribution in [3.05, 3.63) is 154 Å². The number of fused-ring (bicyclic) bond motifs is 3. The van der Waals surface area contributed by atoms with Gasteiger partial charge in [-0.3, -0.25) is 0 Å². The van der Waals surface area contributed by atoms with E-state index in [1.165, 1.54) is 33.4 Å². The van der Waals surface area contributed by atoms with E-state index in [1.807, 2.05) is 0 Å². The van der Waals surface area contributed by atoms with Crippen molar-refractivity contribution in [2.75, 3.05) is 0 Å². The molecule has 2 aliphatic carbocycles. The normalized spacial score (nSPS) is 13.2. The molecule has 0 fully saturated rings. The molecule has 4 aromatic rings. The monoisotopic (exact) mass is 516 g/mol. The molecule has 0 nitrogen and oxygen atoms in total. The van der Waals surface area contributed by atoms with Crippen molar-refractivity contribution >= 4 is 28.6 Å². The van der Waals surface area contributed by atoms with Gasteiger partial charge in [0.2, 0.25) is 0 Å². The maximum Gasteiger partial charge on any atom is -0.147 e. The van der Waals surface area contributed by atoms with Gasteiger partial charge in [0.1, 0.15) is 0 Å². The fraction of sp³-hybridized carbons (Fsp3) is 0.0645. The molecule has 0 heterocycles. The van der Waals surface area contributed by atoms with Crippen molar-refractivity contribution < 1.29 is 17.4 Å². The molecule has 168 valence electrons. The fourth-order valence-electron chi connectivity index (χ4n) is 5.29. The van der Waals surface area contributed by atoms with Gasteiger partial charge in [0, 0.05) is 0 Å². The summed E-state index contributed by atoms with van der Waals surface area (Å²) in [4.78, 5) is 0. The summed E-state index contributed by atoms with van der Waals surface area (Å²) >= 11 is -2.05. The number of halogens is 2. The molecule has 0 spiro atoms. The molecule has 3 heteroatoms. The van der Waals surface area contributed by atoms with Gasteiger partial charge in [-0.15, -0.1) is 24.8 Å². The Morgan fingerprint density at radius 2 is 1.06 bits per heavy atom. The van der Waals surface area contributed by atoms with Gasteiger partial charge >= 0.3 is 197 Å². The van der Waals surface area contributed by atoms with E-state index < -0.39 is 17.4 Å². The number of benzene rings is 4. The van der Waals surface area contributed by atoms with Gasteiger partial charge in [0.15, 0.2) is 0 Å². The number of rotatable bonds is 4. The molecule has 0 radical (unpaired) electrons. The first kappa shape index (κ1) is 24.6. The molecule has 0 saturated carbocycles. The molecule has 0 bridgehead atoms. The van der Waals surface area contributed by atoms with Crippen LogP contribution in [0.25, 0.3) is 11.1 Å². The Bertz CT molecular complexity index is 1300. The van der Waals surface area contributed by atoms with Gasteiger partial charge in [-0.2, -0.15) is 0 Å². The molecule has 0 aliphatic heterocycles. The predicted octanol–water partition coefficient (Wildman–Crippen LogP) is 8.33. The minimum absolute atomic E-state index is 0. The second kappa shape index (κ2) is 10.8. The largest absolute Gasteiger partial charge is 0.147 e. The predicted molar refractivity (Wildman–Crippen MR) is 146 cm³/mol. The summed E-state index contributed by atoms with van der Waals surface area (Å²) in [5.41, 5.74) is 8.63. The van der Waals surface area contributed by atoms with Gasteiger partial charge in [-0.1, -0.05) is 0 Å². The smallest absolute Gasteiger partial charge is 0.147 e. The second-order valence-corrected chi connectivity index (χ2v) is 12.4. The zero-order chi connectivity index (χ0) is 21.3. The maximum atomic E-state index is 2.42. The molecular formula is C31H26Cl2Ti. The van der Waals surface area contributed by atoms with Crippen LogP contribution in [0.1, 0.15) is 32.9 Å². The summed E-state index contributed by atoms with van der Waals surface area (Å²) in [6.45, 7) is 0. The number of hydrogen-bond acceptors (Lipinski definition) is 0. The first-order valence-electron chi connectivity index (χ1n) is 11.3. The third kappa shape index (κ3) is 4.33. The third-order valence-corrected chi connectivity index (χ3v) is 11.9. The molecule has 2 aliphatic rings. The van der Waals surface area contributed by atoms with Crippen LogP contribution in [-0.4, -0.2) is 3.81 Å². The minimum Gasteiger partial charge on any atom is -0.147 e. The first-order chi connectivity index (χ1) is 15.9. The Morgan fingerprint density at radius 1 is 0.588 bits per heavy atom. The molecular weight excluding hydrogens is 491 g/mol. The van der Waals surface area contributed by atoms with Gasteiger partial charge in [0.05, 0.1) is 0 Å². The summed E-state index contributed by atoms with van der Waals surface area (Å²) in [6, 6.07) is 40.5. The van der Waals surface area contributed by atoms with Gasteiger partial charge in [0.25, 0.3) is 0 Å². The van der Waals surface area contributed by atoms with Crippen LogP contribution in [0.15, 0.2) is 131 Å². The van der Waals surface area contributed by atoms with Crippen molar-refractivity contribution in [3.8, 4) is 11.1 Å². The summed E-state index contributed by atoms with van der Waals surface area (Å²) in [7, 11) is 0. The van der Waals surface area contributed by atoms with Crippen molar-refractivity contribution in [1.29, 1.82) is 0 Å². The van der Waals surface area contributed by atoms with E-state index in [1.54, 1.807) is 7.69 Å². The van der Waals surface area contributed by atoms with Crippen LogP contribution in [-0.2, 0) is 17.4 Å². The van der Waals surface area contributed by atoms with E-state index in [4.69, 9.17) is 0 Å². The van der Waals surface area contributed by atoms with Crippen molar-refractivity contribution in [2.45, 2.75) is 10.6 Å². The van der Waals surface area contributed by atoms with Gasteiger partial charge in [-0.25, -0.2) is 0 Å². The van der Waals surface area contributed by atoms with E-state index in [0.29, 0.717) is 4.22 Å². The molecule has 0 amide bonds. The van der Waals surface area contributed by atoms with Gasteiger partial charge < -0.3 is 0 Å². The van der Waals surface area contributed by atoms with Crippen molar-refractivity contribution in [2.24, 2.45) is 0 Å². The zero-order valence-electron chi connectivity index (χ0n) is 18.7. The summed E-state index contributed by atoms with van der Waals surface area (Å²) in [6.07, 6.45) is 8.11. The molecule has 0 N–H and O–H groups in total. The number of hydrogen-bond donors (Lipinski definition) is 0. The molecule has 6 rings (SSSR count). The Morgan fingerprint density at radius 3 is 1.53 bits per heavy atom. The Kier molecular flexibility index (Phi) is 7.86. The zero-order valence-corrected chi connectivity index (χ0v) is 21.9. The first-order valence-corrected chi connectivity index (χ1v) is 13.8. The van der Waals surface area contributed by atoms with Gasteiger partial charge in [-0.05, 0) is 0 Å². The molecule has 0 atom stereocenters. The summed E-state index contributed by atoms with van der Waals surface area (Å²) in [5, 5.41) is 0. The average Bonchev–Trinajstić information content (AvgIpc) is 3.51. The molecule has 0 saturated heterocycles. The topological polar surface area (TPSA) is 0 Å². The van der Waals surface area contributed by atoms with Crippen LogP contribution in [0.3, 0.4) is 0 Å². The third-order valence-electron chi connectivity index (χ3n) is 6.63.